The number of thioether (sulfide) groups is 1. The number of para-hydroxylation sites is 2. The summed E-state index contributed by atoms with van der Waals surface area (Å²) in [6.07, 6.45) is 0. The van der Waals surface area contributed by atoms with Gasteiger partial charge in [-0.2, -0.15) is 0 Å². The Kier molecular flexibility index (Phi) is 4.83. The van der Waals surface area contributed by atoms with Crippen LogP contribution in [-0.2, 0) is 4.79 Å². The van der Waals surface area contributed by atoms with Crippen molar-refractivity contribution in [1.82, 2.24) is 4.90 Å². The summed E-state index contributed by atoms with van der Waals surface area (Å²) >= 11 is 1.02. The lowest BCUT2D eigenvalue weighted by atomic mass is 10.3. The van der Waals surface area contributed by atoms with E-state index >= 15 is 0 Å². The predicted molar refractivity (Wildman–Crippen MR) is 93.5 cm³/mol. The first-order valence-electron chi connectivity index (χ1n) is 7.36. The summed E-state index contributed by atoms with van der Waals surface area (Å²) < 4.78 is 0. The molecule has 3 rings (SSSR count). The van der Waals surface area contributed by atoms with Gasteiger partial charge in [-0.1, -0.05) is 36.4 Å². The van der Waals surface area contributed by atoms with Gasteiger partial charge in [0.2, 0.25) is 0 Å². The van der Waals surface area contributed by atoms with E-state index in [9.17, 15) is 9.59 Å². The van der Waals surface area contributed by atoms with Gasteiger partial charge < -0.3 is 10.6 Å². The molecule has 1 aliphatic rings. The molecule has 0 aliphatic carbocycles. The first-order chi connectivity index (χ1) is 11.2. The predicted octanol–water partition coefficient (Wildman–Crippen LogP) is 3.23. The molecule has 0 radical (unpaired) electrons. The summed E-state index contributed by atoms with van der Waals surface area (Å²) in [5.74, 6) is -0.196. The average molecular weight is 327 g/mol. The molecule has 0 spiro atoms. The smallest absolute Gasteiger partial charge is 0.290 e. The van der Waals surface area contributed by atoms with Crippen molar-refractivity contribution in [2.75, 3.05) is 23.7 Å². The number of amides is 2. The first kappa shape index (κ1) is 15.4. The lowest BCUT2D eigenvalue weighted by Crippen LogP contribution is -2.37. The van der Waals surface area contributed by atoms with Gasteiger partial charge in [-0.3, -0.25) is 14.5 Å². The van der Waals surface area contributed by atoms with E-state index in [1.165, 1.54) is 4.90 Å². The quantitative estimate of drug-likeness (QED) is 0.853. The highest BCUT2D eigenvalue weighted by Crippen LogP contribution is 2.27. The molecule has 0 saturated carbocycles. The van der Waals surface area contributed by atoms with E-state index in [1.807, 2.05) is 60.7 Å². The number of benzene rings is 2. The Balaban J connectivity index is 1.54. The molecule has 1 unspecified atom stereocenters. The van der Waals surface area contributed by atoms with Crippen molar-refractivity contribution in [3.63, 3.8) is 0 Å². The van der Waals surface area contributed by atoms with Gasteiger partial charge in [0.1, 0.15) is 0 Å². The molecule has 2 amide bonds. The summed E-state index contributed by atoms with van der Waals surface area (Å²) in [4.78, 5) is 25.7. The second kappa shape index (κ2) is 7.19. The van der Waals surface area contributed by atoms with Crippen molar-refractivity contribution in [3.05, 3.63) is 60.7 Å². The van der Waals surface area contributed by atoms with Crippen LogP contribution in [0.25, 0.3) is 0 Å². The molecule has 6 heteroatoms. The fourth-order valence-electron chi connectivity index (χ4n) is 2.29. The largest absolute Gasteiger partial charge is 0.383 e. The Bertz CT molecular complexity index is 679. The lowest BCUT2D eigenvalue weighted by Gasteiger charge is -2.15. The van der Waals surface area contributed by atoms with Crippen LogP contribution in [0.4, 0.5) is 16.2 Å². The molecule has 23 heavy (non-hydrogen) atoms. The van der Waals surface area contributed by atoms with Gasteiger partial charge in [0, 0.05) is 24.5 Å². The van der Waals surface area contributed by atoms with Crippen molar-refractivity contribution in [1.29, 1.82) is 0 Å². The molecule has 1 fully saturated rings. The van der Waals surface area contributed by atoms with Crippen LogP contribution in [-0.4, -0.2) is 34.5 Å². The zero-order chi connectivity index (χ0) is 16.1. The zero-order valence-corrected chi connectivity index (χ0v) is 13.3. The molecule has 2 aromatic carbocycles. The first-order valence-corrected chi connectivity index (χ1v) is 8.24. The van der Waals surface area contributed by atoms with Crippen molar-refractivity contribution < 1.29 is 9.59 Å². The van der Waals surface area contributed by atoms with Crippen LogP contribution in [0.5, 0.6) is 0 Å². The second-order valence-corrected chi connectivity index (χ2v) is 6.11. The van der Waals surface area contributed by atoms with Gasteiger partial charge in [-0.05, 0) is 36.0 Å². The fourth-order valence-corrected chi connectivity index (χ4v) is 3.23. The molecule has 1 heterocycles. The fraction of sp³-hybridized carbons (Fsp3) is 0.176. The molecule has 5 nitrogen and oxygen atoms in total. The molecular formula is C17H17N3O2S. The minimum absolute atomic E-state index is 0.196. The topological polar surface area (TPSA) is 61.4 Å². The summed E-state index contributed by atoms with van der Waals surface area (Å²) in [5.41, 5.74) is 1.80. The summed E-state index contributed by atoms with van der Waals surface area (Å²) in [6, 6.07) is 19.1. The maximum Gasteiger partial charge on any atom is 0.290 e. The monoisotopic (exact) mass is 327 g/mol. The van der Waals surface area contributed by atoms with E-state index < -0.39 is 5.37 Å². The van der Waals surface area contributed by atoms with Crippen LogP contribution >= 0.6 is 11.8 Å². The molecule has 118 valence electrons. The number of hydrogen-bond acceptors (Lipinski definition) is 5. The van der Waals surface area contributed by atoms with Gasteiger partial charge in [0.15, 0.2) is 5.37 Å². The molecule has 2 N–H and O–H groups in total. The number of hydrogen-bond donors (Lipinski definition) is 2. The Hall–Kier alpha value is -2.47. The third kappa shape index (κ3) is 3.84. The molecule has 0 aromatic heterocycles. The lowest BCUT2D eigenvalue weighted by molar-refractivity contribution is -0.126. The van der Waals surface area contributed by atoms with Crippen LogP contribution < -0.4 is 10.6 Å². The van der Waals surface area contributed by atoms with Crippen LogP contribution in [0.15, 0.2) is 60.7 Å². The molecular weight excluding hydrogens is 310 g/mol. The SMILES string of the molecule is O=C1SC(Nc2ccccc2)C(=O)N1CCNc1ccccc1. The minimum Gasteiger partial charge on any atom is -0.383 e. The van der Waals surface area contributed by atoms with Crippen LogP contribution in [0.1, 0.15) is 0 Å². The van der Waals surface area contributed by atoms with Crippen molar-refractivity contribution in [2.24, 2.45) is 0 Å². The van der Waals surface area contributed by atoms with Gasteiger partial charge >= 0.3 is 0 Å². The van der Waals surface area contributed by atoms with E-state index in [0.717, 1.165) is 23.1 Å². The Morgan fingerprint density at radius 3 is 2.17 bits per heavy atom. The van der Waals surface area contributed by atoms with E-state index in [0.29, 0.717) is 13.1 Å². The average Bonchev–Trinajstić information content (AvgIpc) is 2.84. The number of imide groups is 1. The van der Waals surface area contributed by atoms with E-state index in [-0.39, 0.29) is 11.1 Å². The summed E-state index contributed by atoms with van der Waals surface area (Å²) in [5, 5.41) is 5.53. The molecule has 0 bridgehead atoms. The maximum absolute atomic E-state index is 12.4. The maximum atomic E-state index is 12.4. The van der Waals surface area contributed by atoms with E-state index in [4.69, 9.17) is 0 Å². The third-order valence-electron chi connectivity index (χ3n) is 3.44. The summed E-state index contributed by atoms with van der Waals surface area (Å²) in [7, 11) is 0. The van der Waals surface area contributed by atoms with Crippen molar-refractivity contribution >= 4 is 34.3 Å². The van der Waals surface area contributed by atoms with Crippen LogP contribution in [0.2, 0.25) is 0 Å². The van der Waals surface area contributed by atoms with Crippen molar-refractivity contribution in [2.45, 2.75) is 5.37 Å². The number of anilines is 2. The molecule has 1 saturated heterocycles. The van der Waals surface area contributed by atoms with Gasteiger partial charge in [-0.25, -0.2) is 0 Å². The Labute approximate surface area is 139 Å². The second-order valence-electron chi connectivity index (χ2n) is 5.06. The van der Waals surface area contributed by atoms with Crippen LogP contribution in [0.3, 0.4) is 0 Å². The van der Waals surface area contributed by atoms with Gasteiger partial charge in [0.25, 0.3) is 11.1 Å². The number of carbonyl (C=O) groups is 2. The molecule has 2 aromatic rings. The number of carbonyl (C=O) groups excluding carboxylic acids is 2. The van der Waals surface area contributed by atoms with Crippen LogP contribution in [0, 0.1) is 0 Å². The third-order valence-corrected chi connectivity index (χ3v) is 4.42. The Morgan fingerprint density at radius 1 is 0.913 bits per heavy atom. The highest BCUT2D eigenvalue weighted by molar-refractivity contribution is 8.15. The standard InChI is InChI=1S/C17H17N3O2S/c21-16-15(19-14-9-5-2-6-10-14)23-17(22)20(16)12-11-18-13-7-3-1-4-8-13/h1-10,15,18-19H,11-12H2. The zero-order valence-electron chi connectivity index (χ0n) is 12.4. The molecule has 1 aliphatic heterocycles. The summed E-state index contributed by atoms with van der Waals surface area (Å²) in [6.45, 7) is 0.882. The van der Waals surface area contributed by atoms with Gasteiger partial charge in [-0.15, -0.1) is 0 Å². The Morgan fingerprint density at radius 2 is 1.52 bits per heavy atom. The van der Waals surface area contributed by atoms with Gasteiger partial charge in [0.05, 0.1) is 0 Å². The number of nitrogens with one attached hydrogen (secondary N) is 2. The molecule has 1 atom stereocenters. The normalized spacial score (nSPS) is 17.4. The van der Waals surface area contributed by atoms with E-state index in [1.54, 1.807) is 0 Å². The minimum atomic E-state index is -0.554. The highest BCUT2D eigenvalue weighted by atomic mass is 32.2. The number of rotatable bonds is 6. The van der Waals surface area contributed by atoms with E-state index in [2.05, 4.69) is 10.6 Å². The highest BCUT2D eigenvalue weighted by Gasteiger charge is 2.39. The van der Waals surface area contributed by atoms with Crippen molar-refractivity contribution in [3.8, 4) is 0 Å². The number of nitrogens with zero attached hydrogens (tertiary/aromatic N) is 1.